The van der Waals surface area contributed by atoms with Crippen LogP contribution in [-0.2, 0) is 7.05 Å². The number of aromatic nitrogens is 2. The molecule has 2 N–H and O–H groups in total. The number of aryl methyl sites for hydroxylation is 2. The van der Waals surface area contributed by atoms with Crippen molar-refractivity contribution in [2.24, 2.45) is 7.05 Å². The maximum absolute atomic E-state index is 12.6. The first-order valence-electron chi connectivity index (χ1n) is 6.20. The van der Waals surface area contributed by atoms with Gasteiger partial charge in [-0.25, -0.2) is 0 Å². The molecule has 0 aliphatic rings. The van der Waals surface area contributed by atoms with E-state index in [0.29, 0.717) is 17.8 Å². The SMILES string of the molecule is CCN(C(=O)c1cn(C)nc1C)c1cccc(N)c1. The number of rotatable bonds is 3. The Morgan fingerprint density at radius 3 is 2.74 bits per heavy atom. The average Bonchev–Trinajstić information content (AvgIpc) is 2.69. The summed E-state index contributed by atoms with van der Waals surface area (Å²) in [6.45, 7) is 4.35. The Kier molecular flexibility index (Phi) is 3.55. The summed E-state index contributed by atoms with van der Waals surface area (Å²) < 4.78 is 1.65. The Morgan fingerprint density at radius 1 is 1.47 bits per heavy atom. The quantitative estimate of drug-likeness (QED) is 0.856. The van der Waals surface area contributed by atoms with Gasteiger partial charge in [0.05, 0.1) is 11.3 Å². The molecule has 0 spiro atoms. The molecular weight excluding hydrogens is 240 g/mol. The minimum absolute atomic E-state index is 0.0568. The highest BCUT2D eigenvalue weighted by molar-refractivity contribution is 6.06. The van der Waals surface area contributed by atoms with Crippen molar-refractivity contribution < 1.29 is 4.79 Å². The van der Waals surface area contributed by atoms with Gasteiger partial charge in [0.1, 0.15) is 0 Å². The largest absolute Gasteiger partial charge is 0.399 e. The third-order valence-electron chi connectivity index (χ3n) is 2.99. The molecule has 2 aromatic rings. The van der Waals surface area contributed by atoms with E-state index in [1.165, 1.54) is 0 Å². The smallest absolute Gasteiger partial charge is 0.261 e. The van der Waals surface area contributed by atoms with Crippen LogP contribution in [0.5, 0.6) is 0 Å². The molecular formula is C14H18N4O. The van der Waals surface area contributed by atoms with Crippen molar-refractivity contribution in [1.29, 1.82) is 0 Å². The number of carbonyl (C=O) groups is 1. The summed E-state index contributed by atoms with van der Waals surface area (Å²) in [4.78, 5) is 14.2. The first-order chi connectivity index (χ1) is 9.02. The standard InChI is InChI=1S/C14H18N4O/c1-4-18(12-7-5-6-11(15)8-12)14(19)13-9-17(3)16-10(13)2/h5-9H,4,15H2,1-3H3. The Balaban J connectivity index is 2.37. The van der Waals surface area contributed by atoms with Crippen LogP contribution in [0.2, 0.25) is 0 Å². The summed E-state index contributed by atoms with van der Waals surface area (Å²) in [5, 5.41) is 4.20. The maximum Gasteiger partial charge on any atom is 0.261 e. The van der Waals surface area contributed by atoms with E-state index in [1.807, 2.05) is 26.0 Å². The summed E-state index contributed by atoms with van der Waals surface area (Å²) in [6.07, 6.45) is 1.74. The van der Waals surface area contributed by atoms with E-state index < -0.39 is 0 Å². The molecule has 19 heavy (non-hydrogen) atoms. The lowest BCUT2D eigenvalue weighted by atomic mass is 10.2. The zero-order valence-corrected chi connectivity index (χ0v) is 11.4. The Morgan fingerprint density at radius 2 is 2.21 bits per heavy atom. The molecule has 0 radical (unpaired) electrons. The van der Waals surface area contributed by atoms with Gasteiger partial charge in [0.2, 0.25) is 0 Å². The number of nitrogens with zero attached hydrogens (tertiary/aromatic N) is 3. The van der Waals surface area contributed by atoms with E-state index in [9.17, 15) is 4.79 Å². The number of hydrogen-bond acceptors (Lipinski definition) is 3. The molecule has 5 nitrogen and oxygen atoms in total. The lowest BCUT2D eigenvalue weighted by molar-refractivity contribution is 0.0987. The van der Waals surface area contributed by atoms with Gasteiger partial charge in [0, 0.05) is 31.2 Å². The van der Waals surface area contributed by atoms with E-state index in [0.717, 1.165) is 11.4 Å². The number of carbonyl (C=O) groups excluding carboxylic acids is 1. The van der Waals surface area contributed by atoms with Crippen molar-refractivity contribution in [2.45, 2.75) is 13.8 Å². The van der Waals surface area contributed by atoms with Crippen LogP contribution in [0.25, 0.3) is 0 Å². The maximum atomic E-state index is 12.6. The van der Waals surface area contributed by atoms with Crippen molar-refractivity contribution >= 4 is 17.3 Å². The molecule has 1 amide bonds. The van der Waals surface area contributed by atoms with Gasteiger partial charge in [-0.3, -0.25) is 9.48 Å². The number of amides is 1. The number of anilines is 2. The third kappa shape index (κ3) is 2.59. The molecule has 0 unspecified atom stereocenters. The van der Waals surface area contributed by atoms with Crippen molar-refractivity contribution in [1.82, 2.24) is 9.78 Å². The first-order valence-corrected chi connectivity index (χ1v) is 6.20. The van der Waals surface area contributed by atoms with Gasteiger partial charge in [-0.1, -0.05) is 6.07 Å². The van der Waals surface area contributed by atoms with E-state index in [-0.39, 0.29) is 5.91 Å². The summed E-state index contributed by atoms with van der Waals surface area (Å²) in [5.41, 5.74) is 8.56. The number of benzene rings is 1. The van der Waals surface area contributed by atoms with Gasteiger partial charge in [0.15, 0.2) is 0 Å². The van der Waals surface area contributed by atoms with Crippen molar-refractivity contribution in [3.05, 3.63) is 41.7 Å². The topological polar surface area (TPSA) is 64.2 Å². The predicted octanol–water partition coefficient (Wildman–Crippen LogP) is 1.98. The predicted molar refractivity (Wildman–Crippen MR) is 76.1 cm³/mol. The highest BCUT2D eigenvalue weighted by Crippen LogP contribution is 2.20. The fraction of sp³-hybridized carbons (Fsp3) is 0.286. The molecule has 1 heterocycles. The minimum atomic E-state index is -0.0568. The molecule has 0 aliphatic heterocycles. The summed E-state index contributed by atoms with van der Waals surface area (Å²) in [5.74, 6) is -0.0568. The number of nitrogen functional groups attached to an aromatic ring is 1. The molecule has 0 aliphatic carbocycles. The van der Waals surface area contributed by atoms with Gasteiger partial charge < -0.3 is 10.6 Å². The van der Waals surface area contributed by atoms with E-state index in [4.69, 9.17) is 5.73 Å². The Hall–Kier alpha value is -2.30. The van der Waals surface area contributed by atoms with Gasteiger partial charge in [0.25, 0.3) is 5.91 Å². The van der Waals surface area contributed by atoms with E-state index in [2.05, 4.69) is 5.10 Å². The molecule has 5 heteroatoms. The molecule has 0 atom stereocenters. The van der Waals surface area contributed by atoms with Crippen molar-refractivity contribution in [2.75, 3.05) is 17.2 Å². The van der Waals surface area contributed by atoms with Gasteiger partial charge in [-0.2, -0.15) is 5.10 Å². The zero-order valence-electron chi connectivity index (χ0n) is 11.4. The lowest BCUT2D eigenvalue weighted by Crippen LogP contribution is -2.30. The van der Waals surface area contributed by atoms with Crippen LogP contribution >= 0.6 is 0 Å². The summed E-state index contributed by atoms with van der Waals surface area (Å²) in [6, 6.07) is 7.32. The summed E-state index contributed by atoms with van der Waals surface area (Å²) >= 11 is 0. The minimum Gasteiger partial charge on any atom is -0.399 e. The summed E-state index contributed by atoms with van der Waals surface area (Å²) in [7, 11) is 1.81. The highest BCUT2D eigenvalue weighted by atomic mass is 16.2. The van der Waals surface area contributed by atoms with Gasteiger partial charge in [-0.05, 0) is 32.0 Å². The molecule has 2 rings (SSSR count). The van der Waals surface area contributed by atoms with Gasteiger partial charge >= 0.3 is 0 Å². The second-order valence-corrected chi connectivity index (χ2v) is 4.45. The molecule has 0 saturated heterocycles. The molecule has 0 fully saturated rings. The second-order valence-electron chi connectivity index (χ2n) is 4.45. The van der Waals surface area contributed by atoms with Crippen LogP contribution < -0.4 is 10.6 Å². The monoisotopic (exact) mass is 258 g/mol. The van der Waals surface area contributed by atoms with Crippen LogP contribution in [-0.4, -0.2) is 22.2 Å². The third-order valence-corrected chi connectivity index (χ3v) is 2.99. The number of hydrogen-bond donors (Lipinski definition) is 1. The van der Waals surface area contributed by atoms with Crippen LogP contribution in [0.3, 0.4) is 0 Å². The van der Waals surface area contributed by atoms with E-state index >= 15 is 0 Å². The molecule has 1 aromatic heterocycles. The number of nitrogens with two attached hydrogens (primary N) is 1. The van der Waals surface area contributed by atoms with Crippen molar-refractivity contribution in [3.8, 4) is 0 Å². The van der Waals surface area contributed by atoms with Crippen LogP contribution in [0.1, 0.15) is 23.0 Å². The average molecular weight is 258 g/mol. The normalized spacial score (nSPS) is 10.5. The van der Waals surface area contributed by atoms with Crippen LogP contribution in [0, 0.1) is 6.92 Å². The van der Waals surface area contributed by atoms with E-state index in [1.54, 1.807) is 35.0 Å². The molecule has 100 valence electrons. The molecule has 0 saturated carbocycles. The first kappa shape index (κ1) is 13.1. The lowest BCUT2D eigenvalue weighted by Gasteiger charge is -2.21. The molecule has 0 bridgehead atoms. The van der Waals surface area contributed by atoms with Crippen LogP contribution in [0.15, 0.2) is 30.5 Å². The fourth-order valence-corrected chi connectivity index (χ4v) is 2.09. The fourth-order valence-electron chi connectivity index (χ4n) is 2.09. The zero-order chi connectivity index (χ0) is 14.0. The highest BCUT2D eigenvalue weighted by Gasteiger charge is 2.20. The van der Waals surface area contributed by atoms with Crippen LogP contribution in [0.4, 0.5) is 11.4 Å². The Bertz CT molecular complexity index is 603. The Labute approximate surface area is 112 Å². The molecule has 1 aromatic carbocycles. The second kappa shape index (κ2) is 5.14. The van der Waals surface area contributed by atoms with Crippen molar-refractivity contribution in [3.63, 3.8) is 0 Å². The van der Waals surface area contributed by atoms with Gasteiger partial charge in [-0.15, -0.1) is 0 Å².